The summed E-state index contributed by atoms with van der Waals surface area (Å²) in [6.45, 7) is 3.90. The van der Waals surface area contributed by atoms with Crippen LogP contribution in [-0.4, -0.2) is 21.6 Å². The van der Waals surface area contributed by atoms with Crippen molar-refractivity contribution < 1.29 is 4.79 Å². The Kier molecular flexibility index (Phi) is 5.14. The third-order valence-electron chi connectivity index (χ3n) is 2.50. The number of carbonyl (C=O) groups is 1. The molecule has 0 saturated heterocycles. The third kappa shape index (κ3) is 4.31. The average molecular weight is 352 g/mol. The van der Waals surface area contributed by atoms with Crippen LogP contribution in [0.2, 0.25) is 0 Å². The minimum Gasteiger partial charge on any atom is -0.324 e. The SMILES string of the molecule is Cc1ccc(NC(=O)CSc2nccc(C)n2)c(Br)c1. The summed E-state index contributed by atoms with van der Waals surface area (Å²) in [7, 11) is 0. The Morgan fingerprint density at radius 1 is 1.35 bits per heavy atom. The van der Waals surface area contributed by atoms with E-state index in [0.29, 0.717) is 5.16 Å². The van der Waals surface area contributed by atoms with Crippen LogP contribution in [0.15, 0.2) is 40.1 Å². The molecule has 0 spiro atoms. The van der Waals surface area contributed by atoms with E-state index in [9.17, 15) is 4.79 Å². The summed E-state index contributed by atoms with van der Waals surface area (Å²) < 4.78 is 0.877. The Morgan fingerprint density at radius 3 is 2.85 bits per heavy atom. The van der Waals surface area contributed by atoms with Gasteiger partial charge in [0.1, 0.15) is 0 Å². The van der Waals surface area contributed by atoms with E-state index in [1.807, 2.05) is 38.1 Å². The average Bonchev–Trinajstić information content (AvgIpc) is 2.40. The van der Waals surface area contributed by atoms with Crippen LogP contribution < -0.4 is 5.32 Å². The maximum atomic E-state index is 11.9. The van der Waals surface area contributed by atoms with Crippen LogP contribution in [0.5, 0.6) is 0 Å². The highest BCUT2D eigenvalue weighted by Crippen LogP contribution is 2.23. The van der Waals surface area contributed by atoms with E-state index >= 15 is 0 Å². The van der Waals surface area contributed by atoms with Gasteiger partial charge in [0.25, 0.3) is 0 Å². The second-order valence-electron chi connectivity index (χ2n) is 4.30. The largest absolute Gasteiger partial charge is 0.324 e. The van der Waals surface area contributed by atoms with Gasteiger partial charge in [-0.1, -0.05) is 17.8 Å². The van der Waals surface area contributed by atoms with Gasteiger partial charge in [-0.15, -0.1) is 0 Å². The molecule has 0 aliphatic carbocycles. The molecule has 0 bridgehead atoms. The predicted octanol–water partition coefficient (Wildman–Crippen LogP) is 3.59. The molecule has 1 aromatic carbocycles. The lowest BCUT2D eigenvalue weighted by Gasteiger charge is -2.07. The van der Waals surface area contributed by atoms with E-state index in [1.165, 1.54) is 11.8 Å². The molecule has 0 aliphatic heterocycles. The topological polar surface area (TPSA) is 54.9 Å². The van der Waals surface area contributed by atoms with Crippen LogP contribution in [-0.2, 0) is 4.79 Å². The summed E-state index contributed by atoms with van der Waals surface area (Å²) in [5.74, 6) is 0.202. The molecule has 0 saturated carbocycles. The number of nitrogens with zero attached hydrogens (tertiary/aromatic N) is 2. The van der Waals surface area contributed by atoms with Gasteiger partial charge in [0.15, 0.2) is 5.16 Å². The van der Waals surface area contributed by atoms with Crippen molar-refractivity contribution in [3.05, 3.63) is 46.2 Å². The smallest absolute Gasteiger partial charge is 0.234 e. The summed E-state index contributed by atoms with van der Waals surface area (Å²) >= 11 is 4.76. The minimum absolute atomic E-state index is 0.0790. The van der Waals surface area contributed by atoms with E-state index in [4.69, 9.17) is 0 Å². The number of halogens is 1. The number of anilines is 1. The Bertz CT molecular complexity index is 634. The summed E-state index contributed by atoms with van der Waals surface area (Å²) in [5.41, 5.74) is 2.80. The maximum absolute atomic E-state index is 11.9. The number of amides is 1. The van der Waals surface area contributed by atoms with E-state index < -0.39 is 0 Å². The van der Waals surface area contributed by atoms with Gasteiger partial charge in [0, 0.05) is 16.4 Å². The van der Waals surface area contributed by atoms with Crippen LogP contribution in [0, 0.1) is 13.8 Å². The quantitative estimate of drug-likeness (QED) is 0.675. The number of hydrogen-bond donors (Lipinski definition) is 1. The molecule has 2 rings (SSSR count). The monoisotopic (exact) mass is 351 g/mol. The standard InChI is InChI=1S/C14H14BrN3OS/c1-9-3-4-12(11(15)7-9)18-13(19)8-20-14-16-6-5-10(2)17-14/h3-7H,8H2,1-2H3,(H,18,19). The van der Waals surface area contributed by atoms with Crippen molar-refractivity contribution in [3.8, 4) is 0 Å². The summed E-state index contributed by atoms with van der Waals surface area (Å²) in [6.07, 6.45) is 1.69. The Balaban J connectivity index is 1.92. The van der Waals surface area contributed by atoms with Gasteiger partial charge in [-0.05, 0) is 53.5 Å². The molecule has 1 heterocycles. The van der Waals surface area contributed by atoms with Crippen molar-refractivity contribution in [3.63, 3.8) is 0 Å². The first-order valence-corrected chi connectivity index (χ1v) is 7.81. The normalized spacial score (nSPS) is 10.3. The fourth-order valence-corrected chi connectivity index (χ4v) is 2.80. The Morgan fingerprint density at radius 2 is 2.15 bits per heavy atom. The molecule has 6 heteroatoms. The van der Waals surface area contributed by atoms with Crippen LogP contribution in [0.1, 0.15) is 11.3 Å². The fourth-order valence-electron chi connectivity index (χ4n) is 1.53. The van der Waals surface area contributed by atoms with Crippen molar-refractivity contribution >= 4 is 39.3 Å². The molecule has 1 amide bonds. The molecule has 0 atom stereocenters. The zero-order valence-corrected chi connectivity index (χ0v) is 13.6. The Hall–Kier alpha value is -1.40. The highest BCUT2D eigenvalue weighted by molar-refractivity contribution is 9.10. The molecule has 0 fully saturated rings. The van der Waals surface area contributed by atoms with Crippen LogP contribution in [0.3, 0.4) is 0 Å². The van der Waals surface area contributed by atoms with Crippen molar-refractivity contribution in [2.24, 2.45) is 0 Å². The van der Waals surface area contributed by atoms with Gasteiger partial charge < -0.3 is 5.32 Å². The van der Waals surface area contributed by atoms with Crippen LogP contribution in [0.25, 0.3) is 0 Å². The van der Waals surface area contributed by atoms with Crippen LogP contribution in [0.4, 0.5) is 5.69 Å². The number of thioether (sulfide) groups is 1. The minimum atomic E-state index is -0.0790. The van der Waals surface area contributed by atoms with E-state index in [1.54, 1.807) is 6.20 Å². The van der Waals surface area contributed by atoms with Crippen molar-refractivity contribution in [2.45, 2.75) is 19.0 Å². The van der Waals surface area contributed by atoms with Gasteiger partial charge >= 0.3 is 0 Å². The number of aryl methyl sites for hydroxylation is 2. The van der Waals surface area contributed by atoms with Crippen molar-refractivity contribution in [1.29, 1.82) is 0 Å². The molecular weight excluding hydrogens is 338 g/mol. The van der Waals surface area contributed by atoms with Crippen molar-refractivity contribution in [1.82, 2.24) is 9.97 Å². The van der Waals surface area contributed by atoms with Crippen LogP contribution >= 0.6 is 27.7 Å². The fraction of sp³-hybridized carbons (Fsp3) is 0.214. The van der Waals surface area contributed by atoms with Gasteiger partial charge in [-0.2, -0.15) is 0 Å². The first-order chi connectivity index (χ1) is 9.54. The zero-order chi connectivity index (χ0) is 14.5. The molecule has 1 aromatic heterocycles. The second kappa shape index (κ2) is 6.85. The molecule has 4 nitrogen and oxygen atoms in total. The number of hydrogen-bond acceptors (Lipinski definition) is 4. The number of rotatable bonds is 4. The number of benzene rings is 1. The second-order valence-corrected chi connectivity index (χ2v) is 6.10. The highest BCUT2D eigenvalue weighted by atomic mass is 79.9. The summed E-state index contributed by atoms with van der Waals surface area (Å²) in [5, 5.41) is 3.47. The summed E-state index contributed by atoms with van der Waals surface area (Å²) in [4.78, 5) is 20.3. The maximum Gasteiger partial charge on any atom is 0.234 e. The van der Waals surface area contributed by atoms with Gasteiger partial charge in [-0.3, -0.25) is 4.79 Å². The molecule has 0 aliphatic rings. The van der Waals surface area contributed by atoms with E-state index in [-0.39, 0.29) is 11.7 Å². The number of nitrogens with one attached hydrogen (secondary N) is 1. The highest BCUT2D eigenvalue weighted by Gasteiger charge is 2.07. The number of carbonyl (C=O) groups excluding carboxylic acids is 1. The molecule has 20 heavy (non-hydrogen) atoms. The molecular formula is C14H14BrN3OS. The predicted molar refractivity (Wildman–Crippen MR) is 85.0 cm³/mol. The molecule has 104 valence electrons. The zero-order valence-electron chi connectivity index (χ0n) is 11.2. The van der Waals surface area contributed by atoms with E-state index in [2.05, 4.69) is 31.2 Å². The lowest BCUT2D eigenvalue weighted by atomic mass is 10.2. The molecule has 1 N–H and O–H groups in total. The third-order valence-corrected chi connectivity index (χ3v) is 4.02. The van der Waals surface area contributed by atoms with Gasteiger partial charge in [0.05, 0.1) is 11.4 Å². The molecule has 0 radical (unpaired) electrons. The first kappa shape index (κ1) is 15.0. The lowest BCUT2D eigenvalue weighted by molar-refractivity contribution is -0.113. The molecule has 0 unspecified atom stereocenters. The van der Waals surface area contributed by atoms with Gasteiger partial charge in [-0.25, -0.2) is 9.97 Å². The lowest BCUT2D eigenvalue weighted by Crippen LogP contribution is -2.14. The molecule has 2 aromatic rings. The first-order valence-electron chi connectivity index (χ1n) is 6.03. The van der Waals surface area contributed by atoms with Crippen molar-refractivity contribution in [2.75, 3.05) is 11.1 Å². The Labute approximate surface area is 130 Å². The summed E-state index contributed by atoms with van der Waals surface area (Å²) in [6, 6.07) is 7.63. The van der Waals surface area contributed by atoms with E-state index in [0.717, 1.165) is 21.4 Å². The number of aromatic nitrogens is 2. The van der Waals surface area contributed by atoms with Gasteiger partial charge in [0.2, 0.25) is 5.91 Å².